The Morgan fingerprint density at radius 3 is 2.22 bits per heavy atom. The Balaban J connectivity index is 2.89. The topological polar surface area (TPSA) is 110 Å². The highest BCUT2D eigenvalue weighted by molar-refractivity contribution is 7.91. The van der Waals surface area contributed by atoms with Gasteiger partial charge in [0.1, 0.15) is 11.6 Å². The van der Waals surface area contributed by atoms with Gasteiger partial charge in [0.2, 0.25) is 0 Å². The van der Waals surface area contributed by atoms with Gasteiger partial charge in [0, 0.05) is 5.02 Å². The largest absolute Gasteiger partial charge is 0.480 e. The first kappa shape index (κ1) is 19.2. The van der Waals surface area contributed by atoms with Crippen molar-refractivity contribution < 1.29 is 27.9 Å². The predicted octanol–water partition coefficient (Wildman–Crippen LogP) is 2.09. The molecule has 0 heterocycles. The first-order valence-corrected chi connectivity index (χ1v) is 8.64. The van der Waals surface area contributed by atoms with Gasteiger partial charge < -0.3 is 15.2 Å². The summed E-state index contributed by atoms with van der Waals surface area (Å²) < 4.78 is 29.4. The molecule has 9 heteroatoms. The lowest BCUT2D eigenvalue weighted by atomic mass is 10.2. The van der Waals surface area contributed by atoms with Crippen LogP contribution in [-0.2, 0) is 19.4 Å². The zero-order valence-electron chi connectivity index (χ0n) is 12.9. The number of amides is 1. The minimum Gasteiger partial charge on any atom is -0.480 e. The van der Waals surface area contributed by atoms with E-state index in [2.05, 4.69) is 0 Å². The molecule has 23 heavy (non-hydrogen) atoms. The van der Waals surface area contributed by atoms with E-state index in [0.717, 1.165) is 0 Å². The number of benzene rings is 1. The quantitative estimate of drug-likeness (QED) is 0.828. The zero-order chi connectivity index (χ0) is 17.8. The average Bonchev–Trinajstić information content (AvgIpc) is 2.35. The van der Waals surface area contributed by atoms with Crippen LogP contribution in [0.4, 0.5) is 4.79 Å². The van der Waals surface area contributed by atoms with Crippen molar-refractivity contribution in [2.45, 2.75) is 37.3 Å². The van der Waals surface area contributed by atoms with Crippen molar-refractivity contribution in [2.24, 2.45) is 0 Å². The number of carbonyl (C=O) groups is 2. The number of aliphatic carboxylic acids is 1. The number of hydrogen-bond donors (Lipinski definition) is 2. The summed E-state index contributed by atoms with van der Waals surface area (Å²) in [4.78, 5) is 22.8. The van der Waals surface area contributed by atoms with E-state index in [1.54, 1.807) is 20.8 Å². The number of hydrogen-bond acceptors (Lipinski definition) is 5. The number of alkyl carbamates (subject to hydrolysis) is 1. The van der Waals surface area contributed by atoms with Crippen molar-refractivity contribution in [1.29, 1.82) is 0 Å². The highest BCUT2D eigenvalue weighted by atomic mass is 35.5. The minimum absolute atomic E-state index is 0.0841. The summed E-state index contributed by atoms with van der Waals surface area (Å²) in [6, 6.07) is 3.66. The van der Waals surface area contributed by atoms with Crippen LogP contribution in [0.25, 0.3) is 0 Å². The predicted molar refractivity (Wildman–Crippen MR) is 84.3 cm³/mol. The van der Waals surface area contributed by atoms with Gasteiger partial charge in [-0.15, -0.1) is 0 Å². The second-order valence-electron chi connectivity index (χ2n) is 5.77. The summed E-state index contributed by atoms with van der Waals surface area (Å²) in [6.45, 7) is 4.81. The number of halogens is 1. The third-order valence-electron chi connectivity index (χ3n) is 2.55. The van der Waals surface area contributed by atoms with Crippen LogP contribution in [0.15, 0.2) is 29.2 Å². The lowest BCUT2D eigenvalue weighted by molar-refractivity contribution is -0.138. The standard InChI is InChI=1S/C14H18ClNO6S/c1-14(2,3)22-13(19)16-11(12(17)18)8-23(20,21)10-6-4-9(15)5-7-10/h4-7,11H,8H2,1-3H3,(H,16,19)(H,17,18). The van der Waals surface area contributed by atoms with Gasteiger partial charge in [0.05, 0.1) is 10.6 Å². The maximum Gasteiger partial charge on any atom is 0.408 e. The van der Waals surface area contributed by atoms with E-state index in [4.69, 9.17) is 21.4 Å². The molecule has 128 valence electrons. The summed E-state index contributed by atoms with van der Waals surface area (Å²) in [5.41, 5.74) is -0.831. The zero-order valence-corrected chi connectivity index (χ0v) is 14.4. The molecule has 0 aromatic heterocycles. The molecule has 2 N–H and O–H groups in total. The van der Waals surface area contributed by atoms with Gasteiger partial charge >= 0.3 is 12.1 Å². The van der Waals surface area contributed by atoms with E-state index in [0.29, 0.717) is 5.02 Å². The number of carboxylic acids is 1. The average molecular weight is 364 g/mol. The van der Waals surface area contributed by atoms with Gasteiger partial charge in [0.25, 0.3) is 0 Å². The van der Waals surface area contributed by atoms with Crippen molar-refractivity contribution in [3.05, 3.63) is 29.3 Å². The normalized spacial score (nSPS) is 13.2. The van der Waals surface area contributed by atoms with Crippen molar-refractivity contribution in [2.75, 3.05) is 5.75 Å². The summed E-state index contributed by atoms with van der Waals surface area (Å²) >= 11 is 5.69. The third kappa shape index (κ3) is 6.45. The second kappa shape index (κ2) is 7.18. The van der Waals surface area contributed by atoms with Crippen LogP contribution >= 0.6 is 11.6 Å². The van der Waals surface area contributed by atoms with Crippen molar-refractivity contribution >= 4 is 33.5 Å². The first-order chi connectivity index (χ1) is 10.4. The van der Waals surface area contributed by atoms with Gasteiger partial charge in [-0.25, -0.2) is 18.0 Å². The highest BCUT2D eigenvalue weighted by Crippen LogP contribution is 2.16. The van der Waals surface area contributed by atoms with Crippen LogP contribution in [0.3, 0.4) is 0 Å². The highest BCUT2D eigenvalue weighted by Gasteiger charge is 2.29. The lowest BCUT2D eigenvalue weighted by Crippen LogP contribution is -2.47. The Hall–Kier alpha value is -1.80. The molecule has 7 nitrogen and oxygen atoms in total. The van der Waals surface area contributed by atoms with Crippen molar-refractivity contribution in [3.63, 3.8) is 0 Å². The Morgan fingerprint density at radius 2 is 1.78 bits per heavy atom. The number of carboxylic acid groups (broad SMARTS) is 1. The lowest BCUT2D eigenvalue weighted by Gasteiger charge is -2.22. The number of nitrogens with one attached hydrogen (secondary N) is 1. The Morgan fingerprint density at radius 1 is 1.26 bits per heavy atom. The minimum atomic E-state index is -3.92. The molecule has 0 radical (unpaired) electrons. The van der Waals surface area contributed by atoms with Crippen LogP contribution in [0, 0.1) is 0 Å². The smallest absolute Gasteiger partial charge is 0.408 e. The van der Waals surface area contributed by atoms with Gasteiger partial charge in [-0.1, -0.05) is 11.6 Å². The maximum atomic E-state index is 12.2. The van der Waals surface area contributed by atoms with Crippen molar-refractivity contribution in [3.8, 4) is 0 Å². The Bertz CT molecular complexity index is 678. The maximum absolute atomic E-state index is 12.2. The molecule has 1 amide bonds. The fourth-order valence-corrected chi connectivity index (χ4v) is 3.12. The molecular weight excluding hydrogens is 346 g/mol. The van der Waals surface area contributed by atoms with E-state index < -0.39 is 39.3 Å². The molecule has 1 aromatic carbocycles. The molecule has 0 aliphatic rings. The van der Waals surface area contributed by atoms with Crippen LogP contribution in [0.5, 0.6) is 0 Å². The number of sulfone groups is 1. The van der Waals surface area contributed by atoms with Crippen molar-refractivity contribution in [1.82, 2.24) is 5.32 Å². The fourth-order valence-electron chi connectivity index (χ4n) is 1.58. The van der Waals surface area contributed by atoms with Gasteiger partial charge in [-0.2, -0.15) is 0 Å². The Labute approximate surface area is 139 Å². The molecule has 1 rings (SSSR count). The molecule has 1 unspecified atom stereocenters. The second-order valence-corrected chi connectivity index (χ2v) is 8.24. The van der Waals surface area contributed by atoms with Crippen LogP contribution in [-0.4, -0.2) is 43.0 Å². The fraction of sp³-hybridized carbons (Fsp3) is 0.429. The number of ether oxygens (including phenoxy) is 1. The molecule has 0 spiro atoms. The summed E-state index contributed by atoms with van der Waals surface area (Å²) in [7, 11) is -3.92. The van der Waals surface area contributed by atoms with E-state index in [9.17, 15) is 18.0 Å². The van der Waals surface area contributed by atoms with E-state index >= 15 is 0 Å². The molecule has 0 fully saturated rings. The summed E-state index contributed by atoms with van der Waals surface area (Å²) in [5, 5.41) is 11.5. The third-order valence-corrected chi connectivity index (χ3v) is 4.56. The number of rotatable bonds is 5. The van der Waals surface area contributed by atoms with E-state index in [1.165, 1.54) is 24.3 Å². The molecule has 0 aliphatic carbocycles. The molecule has 0 saturated carbocycles. The molecule has 0 aliphatic heterocycles. The molecule has 0 saturated heterocycles. The van der Waals surface area contributed by atoms with Gasteiger partial charge in [-0.05, 0) is 45.0 Å². The molecule has 0 bridgehead atoms. The van der Waals surface area contributed by atoms with E-state index in [1.807, 2.05) is 5.32 Å². The summed E-state index contributed by atoms with van der Waals surface area (Å²) in [5.74, 6) is -2.28. The molecule has 1 aromatic rings. The van der Waals surface area contributed by atoms with Gasteiger partial charge in [-0.3, -0.25) is 0 Å². The summed E-state index contributed by atoms with van der Waals surface area (Å²) in [6.07, 6.45) is -1.00. The molecular formula is C14H18ClNO6S. The SMILES string of the molecule is CC(C)(C)OC(=O)NC(CS(=O)(=O)c1ccc(Cl)cc1)C(=O)O. The Kier molecular flexibility index (Phi) is 6.01. The van der Waals surface area contributed by atoms with Crippen LogP contribution < -0.4 is 5.32 Å². The number of carbonyl (C=O) groups excluding carboxylic acids is 1. The first-order valence-electron chi connectivity index (χ1n) is 6.61. The van der Waals surface area contributed by atoms with E-state index in [-0.39, 0.29) is 4.90 Å². The molecule has 1 atom stereocenters. The van der Waals surface area contributed by atoms with Crippen LogP contribution in [0.2, 0.25) is 5.02 Å². The monoisotopic (exact) mass is 363 g/mol. The van der Waals surface area contributed by atoms with Gasteiger partial charge in [0.15, 0.2) is 9.84 Å². The van der Waals surface area contributed by atoms with Crippen LogP contribution in [0.1, 0.15) is 20.8 Å².